The first-order valence-corrected chi connectivity index (χ1v) is 5.72. The third kappa shape index (κ3) is 3.80. The predicted molar refractivity (Wildman–Crippen MR) is 57.4 cm³/mol. The minimum absolute atomic E-state index is 0.00370. The molecule has 0 spiro atoms. The van der Waals surface area contributed by atoms with Crippen LogP contribution in [0.1, 0.15) is 33.1 Å². The van der Waals surface area contributed by atoms with Crippen LogP contribution in [-0.4, -0.2) is 36.4 Å². The van der Waals surface area contributed by atoms with E-state index in [0.29, 0.717) is 19.6 Å². The van der Waals surface area contributed by atoms with Gasteiger partial charge in [0.05, 0.1) is 18.1 Å². The van der Waals surface area contributed by atoms with E-state index in [1.54, 1.807) is 6.92 Å². The second-order valence-electron chi connectivity index (χ2n) is 4.14. The lowest BCUT2D eigenvalue weighted by Gasteiger charge is -2.16. The Hall–Kier alpha value is -0.610. The molecule has 0 aromatic rings. The van der Waals surface area contributed by atoms with Crippen LogP contribution in [0.2, 0.25) is 0 Å². The fraction of sp³-hybridized carbons (Fsp3) is 0.909. The van der Waals surface area contributed by atoms with Crippen molar-refractivity contribution in [2.45, 2.75) is 45.3 Å². The summed E-state index contributed by atoms with van der Waals surface area (Å²) >= 11 is 0. The fourth-order valence-corrected chi connectivity index (χ4v) is 1.89. The number of rotatable bonds is 5. The number of nitrogens with one attached hydrogen (secondary N) is 1. The zero-order valence-corrected chi connectivity index (χ0v) is 9.53. The minimum Gasteiger partial charge on any atom is -0.393 e. The number of amides is 1. The summed E-state index contributed by atoms with van der Waals surface area (Å²) < 4.78 is 5.45. The van der Waals surface area contributed by atoms with Crippen LogP contribution in [0, 0.1) is 5.92 Å². The van der Waals surface area contributed by atoms with E-state index in [4.69, 9.17) is 9.84 Å². The highest BCUT2D eigenvalue weighted by molar-refractivity contribution is 5.79. The Balaban J connectivity index is 2.27. The molecule has 3 unspecified atom stereocenters. The van der Waals surface area contributed by atoms with Crippen molar-refractivity contribution in [1.82, 2.24) is 5.32 Å². The van der Waals surface area contributed by atoms with Gasteiger partial charge in [-0.1, -0.05) is 6.92 Å². The molecule has 1 rings (SSSR count). The van der Waals surface area contributed by atoms with Gasteiger partial charge in [0.1, 0.15) is 0 Å². The molecular formula is C11H21NO3. The summed E-state index contributed by atoms with van der Waals surface area (Å²) in [4.78, 5) is 11.7. The van der Waals surface area contributed by atoms with E-state index in [2.05, 4.69) is 5.32 Å². The molecule has 1 amide bonds. The summed E-state index contributed by atoms with van der Waals surface area (Å²) in [5.41, 5.74) is 0. The molecule has 88 valence electrons. The Labute approximate surface area is 91.0 Å². The van der Waals surface area contributed by atoms with E-state index in [1.807, 2.05) is 6.92 Å². The quantitative estimate of drug-likeness (QED) is 0.709. The normalized spacial score (nSPS) is 27.7. The standard InChI is InChI=1S/C11H21NO3/c1-3-10-9(5-7-15-10)11(14)12-6-4-8(2)13/h8-10,13H,3-7H2,1-2H3,(H,12,14). The van der Waals surface area contributed by atoms with Gasteiger partial charge < -0.3 is 15.2 Å². The van der Waals surface area contributed by atoms with Crippen molar-refractivity contribution in [3.05, 3.63) is 0 Å². The fourth-order valence-electron chi connectivity index (χ4n) is 1.89. The van der Waals surface area contributed by atoms with Crippen LogP contribution in [0.4, 0.5) is 0 Å². The van der Waals surface area contributed by atoms with E-state index in [-0.39, 0.29) is 24.0 Å². The first kappa shape index (κ1) is 12.5. The highest BCUT2D eigenvalue weighted by Gasteiger charge is 2.32. The molecule has 4 heteroatoms. The SMILES string of the molecule is CCC1OCCC1C(=O)NCCC(C)O. The van der Waals surface area contributed by atoms with Crippen molar-refractivity contribution in [1.29, 1.82) is 0 Å². The van der Waals surface area contributed by atoms with Gasteiger partial charge in [0.2, 0.25) is 5.91 Å². The average Bonchev–Trinajstić information content (AvgIpc) is 2.64. The summed E-state index contributed by atoms with van der Waals surface area (Å²) in [6.45, 7) is 4.99. The zero-order valence-electron chi connectivity index (χ0n) is 9.53. The van der Waals surface area contributed by atoms with E-state index in [0.717, 1.165) is 12.8 Å². The lowest BCUT2D eigenvalue weighted by Crippen LogP contribution is -2.36. The first-order valence-electron chi connectivity index (χ1n) is 5.72. The van der Waals surface area contributed by atoms with Crippen LogP contribution >= 0.6 is 0 Å². The summed E-state index contributed by atoms with van der Waals surface area (Å²) in [6, 6.07) is 0. The molecule has 15 heavy (non-hydrogen) atoms. The Morgan fingerprint density at radius 2 is 2.40 bits per heavy atom. The molecule has 1 heterocycles. The minimum atomic E-state index is -0.355. The number of hydrogen-bond acceptors (Lipinski definition) is 3. The Morgan fingerprint density at radius 1 is 1.67 bits per heavy atom. The summed E-state index contributed by atoms with van der Waals surface area (Å²) in [5.74, 6) is 0.0731. The van der Waals surface area contributed by atoms with Gasteiger partial charge in [0, 0.05) is 13.2 Å². The van der Waals surface area contributed by atoms with Gasteiger partial charge in [-0.2, -0.15) is 0 Å². The van der Waals surface area contributed by atoms with Crippen molar-refractivity contribution < 1.29 is 14.6 Å². The molecule has 0 bridgehead atoms. The van der Waals surface area contributed by atoms with Crippen molar-refractivity contribution in [2.75, 3.05) is 13.2 Å². The van der Waals surface area contributed by atoms with Gasteiger partial charge in [-0.25, -0.2) is 0 Å². The molecule has 2 N–H and O–H groups in total. The van der Waals surface area contributed by atoms with Crippen molar-refractivity contribution >= 4 is 5.91 Å². The predicted octanol–water partition coefficient (Wildman–Crippen LogP) is 0.689. The van der Waals surface area contributed by atoms with Crippen LogP contribution in [-0.2, 0) is 9.53 Å². The Morgan fingerprint density at radius 3 is 3.00 bits per heavy atom. The third-order valence-corrected chi connectivity index (χ3v) is 2.81. The van der Waals surface area contributed by atoms with Crippen LogP contribution in [0.25, 0.3) is 0 Å². The molecule has 0 aromatic carbocycles. The summed E-state index contributed by atoms with van der Waals surface area (Å²) in [6.07, 6.45) is 2.03. The summed E-state index contributed by atoms with van der Waals surface area (Å²) in [5, 5.41) is 11.9. The second kappa shape index (κ2) is 6.08. The highest BCUT2D eigenvalue weighted by Crippen LogP contribution is 2.23. The number of aliphatic hydroxyl groups excluding tert-OH is 1. The Bertz CT molecular complexity index is 206. The molecule has 0 aliphatic carbocycles. The Kier molecular flexibility index (Phi) is 5.05. The summed E-state index contributed by atoms with van der Waals surface area (Å²) in [7, 11) is 0. The van der Waals surface area contributed by atoms with Crippen molar-refractivity contribution in [3.63, 3.8) is 0 Å². The molecule has 1 aliphatic heterocycles. The number of carbonyl (C=O) groups excluding carboxylic acids is 1. The molecule has 0 saturated carbocycles. The van der Waals surface area contributed by atoms with E-state index in [1.165, 1.54) is 0 Å². The highest BCUT2D eigenvalue weighted by atomic mass is 16.5. The molecule has 0 radical (unpaired) electrons. The van der Waals surface area contributed by atoms with Crippen molar-refractivity contribution in [3.8, 4) is 0 Å². The molecular weight excluding hydrogens is 194 g/mol. The monoisotopic (exact) mass is 215 g/mol. The van der Waals surface area contributed by atoms with Gasteiger partial charge in [0.25, 0.3) is 0 Å². The van der Waals surface area contributed by atoms with E-state index >= 15 is 0 Å². The number of carbonyl (C=O) groups is 1. The zero-order chi connectivity index (χ0) is 11.3. The lowest BCUT2D eigenvalue weighted by atomic mass is 9.99. The molecule has 1 aliphatic rings. The van der Waals surface area contributed by atoms with Gasteiger partial charge >= 0.3 is 0 Å². The molecule has 1 fully saturated rings. The third-order valence-electron chi connectivity index (χ3n) is 2.81. The maximum Gasteiger partial charge on any atom is 0.225 e. The maximum absolute atomic E-state index is 11.7. The molecule has 0 aromatic heterocycles. The van der Waals surface area contributed by atoms with Crippen LogP contribution in [0.15, 0.2) is 0 Å². The topological polar surface area (TPSA) is 58.6 Å². The maximum atomic E-state index is 11.7. The second-order valence-corrected chi connectivity index (χ2v) is 4.14. The smallest absolute Gasteiger partial charge is 0.225 e. The molecule has 4 nitrogen and oxygen atoms in total. The van der Waals surface area contributed by atoms with Gasteiger partial charge in [0.15, 0.2) is 0 Å². The van der Waals surface area contributed by atoms with Gasteiger partial charge in [-0.3, -0.25) is 4.79 Å². The van der Waals surface area contributed by atoms with Crippen molar-refractivity contribution in [2.24, 2.45) is 5.92 Å². The van der Waals surface area contributed by atoms with Crippen LogP contribution < -0.4 is 5.32 Å². The number of aliphatic hydroxyl groups is 1. The van der Waals surface area contributed by atoms with Crippen LogP contribution in [0.3, 0.4) is 0 Å². The van der Waals surface area contributed by atoms with E-state index in [9.17, 15) is 4.79 Å². The lowest BCUT2D eigenvalue weighted by molar-refractivity contribution is -0.126. The van der Waals surface area contributed by atoms with Gasteiger partial charge in [-0.15, -0.1) is 0 Å². The number of ether oxygens (including phenoxy) is 1. The van der Waals surface area contributed by atoms with E-state index < -0.39 is 0 Å². The largest absolute Gasteiger partial charge is 0.393 e. The van der Waals surface area contributed by atoms with Crippen LogP contribution in [0.5, 0.6) is 0 Å². The van der Waals surface area contributed by atoms with Gasteiger partial charge in [-0.05, 0) is 26.2 Å². The molecule has 1 saturated heterocycles. The first-order chi connectivity index (χ1) is 7.15. The number of hydrogen-bond donors (Lipinski definition) is 2. The average molecular weight is 215 g/mol. The molecule has 3 atom stereocenters.